The van der Waals surface area contributed by atoms with Crippen molar-refractivity contribution in [1.29, 1.82) is 0 Å². The second-order valence-electron chi connectivity index (χ2n) is 10.5. The van der Waals surface area contributed by atoms with Gasteiger partial charge in [-0.1, -0.05) is 36.4 Å². The maximum absolute atomic E-state index is 12.6. The highest BCUT2D eigenvalue weighted by Gasteiger charge is 2.31. The molecule has 2 aliphatic heterocycles. The number of likely N-dealkylation sites (N-methyl/N-ethyl adjacent to an activating group) is 1. The summed E-state index contributed by atoms with van der Waals surface area (Å²) in [5, 5.41) is 10.9. The van der Waals surface area contributed by atoms with Crippen molar-refractivity contribution in [3.05, 3.63) is 59.0 Å². The minimum atomic E-state index is -0.545. The normalized spacial score (nSPS) is 16.3. The Balaban J connectivity index is 1.38. The Kier molecular flexibility index (Phi) is 6.84. The third kappa shape index (κ3) is 6.08. The molecule has 1 aromatic carbocycles. The van der Waals surface area contributed by atoms with Crippen LogP contribution < -0.4 is 10.2 Å². The molecule has 10 nitrogen and oxygen atoms in total. The van der Waals surface area contributed by atoms with Crippen molar-refractivity contribution in [3.8, 4) is 0 Å². The van der Waals surface area contributed by atoms with E-state index < -0.39 is 5.60 Å². The second-order valence-corrected chi connectivity index (χ2v) is 10.5. The number of fused-ring (bicyclic) bond motifs is 1. The maximum Gasteiger partial charge on any atom is 0.410 e. The quantitative estimate of drug-likeness (QED) is 0.537. The second kappa shape index (κ2) is 10.2. The average molecular weight is 503 g/mol. The summed E-state index contributed by atoms with van der Waals surface area (Å²) in [7, 11) is 2.14. The first kappa shape index (κ1) is 24.8. The predicted octanol–water partition coefficient (Wildman–Crippen LogP) is 4.12. The molecular formula is C27H34N8O2. The fraction of sp³-hybridized carbons (Fsp3) is 0.407. The van der Waals surface area contributed by atoms with E-state index in [1.54, 1.807) is 4.90 Å². The van der Waals surface area contributed by atoms with Gasteiger partial charge in [0.05, 0.1) is 18.8 Å². The predicted molar refractivity (Wildman–Crippen MR) is 144 cm³/mol. The summed E-state index contributed by atoms with van der Waals surface area (Å²) in [5.41, 5.74) is 2.37. The van der Waals surface area contributed by atoms with Crippen LogP contribution in [0.5, 0.6) is 0 Å². The molecule has 5 rings (SSSR count). The van der Waals surface area contributed by atoms with Gasteiger partial charge in [0.2, 0.25) is 0 Å². The summed E-state index contributed by atoms with van der Waals surface area (Å²) < 4.78 is 5.55. The number of H-pyrrole nitrogens is 1. The van der Waals surface area contributed by atoms with Gasteiger partial charge in [0, 0.05) is 37.8 Å². The summed E-state index contributed by atoms with van der Waals surface area (Å²) in [4.78, 5) is 28.5. The SMILES string of the molecule is CN1CCN(c2cc(Nc3n[nH]c4c3CN(C(=O)OC(C)(C)C)C4)nc(/C=C/c3ccccc3)n2)CC1. The molecule has 2 aliphatic rings. The molecule has 194 valence electrons. The number of amides is 1. The number of anilines is 3. The molecule has 2 aromatic heterocycles. The fourth-order valence-electron chi connectivity index (χ4n) is 4.34. The van der Waals surface area contributed by atoms with Crippen molar-refractivity contribution in [2.75, 3.05) is 43.4 Å². The van der Waals surface area contributed by atoms with Crippen LogP contribution >= 0.6 is 0 Å². The number of nitrogens with zero attached hydrogens (tertiary/aromatic N) is 6. The van der Waals surface area contributed by atoms with E-state index in [-0.39, 0.29) is 6.09 Å². The smallest absolute Gasteiger partial charge is 0.410 e. The van der Waals surface area contributed by atoms with Crippen molar-refractivity contribution < 1.29 is 9.53 Å². The molecule has 4 heterocycles. The molecule has 0 radical (unpaired) electrons. The van der Waals surface area contributed by atoms with Gasteiger partial charge in [0.15, 0.2) is 11.6 Å². The molecule has 1 fully saturated rings. The first-order valence-corrected chi connectivity index (χ1v) is 12.6. The van der Waals surface area contributed by atoms with Gasteiger partial charge in [-0.05, 0) is 39.5 Å². The van der Waals surface area contributed by atoms with Crippen LogP contribution in [0.4, 0.5) is 22.2 Å². The van der Waals surface area contributed by atoms with Crippen LogP contribution in [0.25, 0.3) is 12.2 Å². The minimum Gasteiger partial charge on any atom is -0.444 e. The van der Waals surface area contributed by atoms with Crippen LogP contribution in [-0.4, -0.2) is 74.9 Å². The Hall–Kier alpha value is -3.92. The molecule has 37 heavy (non-hydrogen) atoms. The van der Waals surface area contributed by atoms with Crippen molar-refractivity contribution in [2.45, 2.75) is 39.5 Å². The van der Waals surface area contributed by atoms with Crippen molar-refractivity contribution in [3.63, 3.8) is 0 Å². The molecule has 1 saturated heterocycles. The van der Waals surface area contributed by atoms with Gasteiger partial charge < -0.3 is 19.9 Å². The average Bonchev–Trinajstić information content (AvgIpc) is 3.45. The Labute approximate surface area is 217 Å². The lowest BCUT2D eigenvalue weighted by Gasteiger charge is -2.33. The number of aromatic nitrogens is 4. The Bertz CT molecular complexity index is 1270. The molecule has 0 unspecified atom stereocenters. The van der Waals surface area contributed by atoms with Gasteiger partial charge in [0.25, 0.3) is 0 Å². The Morgan fingerprint density at radius 1 is 1.05 bits per heavy atom. The molecule has 0 aliphatic carbocycles. The van der Waals surface area contributed by atoms with Gasteiger partial charge in [-0.2, -0.15) is 5.10 Å². The largest absolute Gasteiger partial charge is 0.444 e. The zero-order chi connectivity index (χ0) is 26.0. The van der Waals surface area contributed by atoms with Crippen LogP contribution in [0.3, 0.4) is 0 Å². The lowest BCUT2D eigenvalue weighted by atomic mass is 10.2. The van der Waals surface area contributed by atoms with Crippen LogP contribution in [0.2, 0.25) is 0 Å². The molecule has 0 atom stereocenters. The van der Waals surface area contributed by atoms with E-state index >= 15 is 0 Å². The van der Waals surface area contributed by atoms with Crippen molar-refractivity contribution >= 4 is 35.7 Å². The lowest BCUT2D eigenvalue weighted by Crippen LogP contribution is -2.44. The number of aromatic amines is 1. The fourth-order valence-corrected chi connectivity index (χ4v) is 4.34. The number of rotatable bonds is 5. The zero-order valence-electron chi connectivity index (χ0n) is 21.9. The van der Waals surface area contributed by atoms with E-state index in [0.717, 1.165) is 48.8 Å². The number of hydrogen-bond donors (Lipinski definition) is 2. The lowest BCUT2D eigenvalue weighted by molar-refractivity contribution is 0.0240. The van der Waals surface area contributed by atoms with Gasteiger partial charge in [0.1, 0.15) is 17.2 Å². The highest BCUT2D eigenvalue weighted by Crippen LogP contribution is 2.30. The summed E-state index contributed by atoms with van der Waals surface area (Å²) in [6.07, 6.45) is 3.60. The number of carbonyl (C=O) groups excluding carboxylic acids is 1. The standard InChI is InChI=1S/C27H34N8O2/c1-27(2,3)37-26(36)35-17-20-21(18-35)31-32-25(20)30-23-16-24(34-14-12-33(4)13-15-34)29-22(28-23)11-10-19-8-6-5-7-9-19/h5-11,16H,12-15,17-18H2,1-4H3,(H2,28,29,30,31,32)/b11-10+. The third-order valence-electron chi connectivity index (χ3n) is 6.33. The van der Waals surface area contributed by atoms with Crippen LogP contribution in [0.1, 0.15) is 43.4 Å². The monoisotopic (exact) mass is 502 g/mol. The number of benzene rings is 1. The van der Waals surface area contributed by atoms with Crippen LogP contribution in [-0.2, 0) is 17.8 Å². The molecule has 0 bridgehead atoms. The van der Waals surface area contributed by atoms with Gasteiger partial charge in [-0.25, -0.2) is 14.8 Å². The number of nitrogens with one attached hydrogen (secondary N) is 2. The minimum absolute atomic E-state index is 0.337. The van der Waals surface area contributed by atoms with Crippen LogP contribution in [0, 0.1) is 0 Å². The zero-order valence-corrected chi connectivity index (χ0v) is 21.9. The Morgan fingerprint density at radius 3 is 2.54 bits per heavy atom. The molecule has 10 heteroatoms. The molecule has 0 spiro atoms. The first-order chi connectivity index (χ1) is 17.7. The third-order valence-corrected chi connectivity index (χ3v) is 6.33. The molecule has 3 aromatic rings. The number of hydrogen-bond acceptors (Lipinski definition) is 8. The summed E-state index contributed by atoms with van der Waals surface area (Å²) in [5.74, 6) is 2.80. The Morgan fingerprint density at radius 2 is 1.81 bits per heavy atom. The van der Waals surface area contributed by atoms with Crippen molar-refractivity contribution in [1.82, 2.24) is 30.0 Å². The van der Waals surface area contributed by atoms with E-state index in [2.05, 4.69) is 32.4 Å². The van der Waals surface area contributed by atoms with E-state index in [0.29, 0.717) is 30.5 Å². The number of piperazine rings is 1. The summed E-state index contributed by atoms with van der Waals surface area (Å²) in [6, 6.07) is 12.1. The van der Waals surface area contributed by atoms with E-state index in [9.17, 15) is 4.79 Å². The molecule has 0 saturated carbocycles. The van der Waals surface area contributed by atoms with Gasteiger partial charge in [-0.15, -0.1) is 0 Å². The van der Waals surface area contributed by atoms with Gasteiger partial charge >= 0.3 is 6.09 Å². The van der Waals surface area contributed by atoms with Crippen molar-refractivity contribution in [2.24, 2.45) is 0 Å². The highest BCUT2D eigenvalue weighted by atomic mass is 16.6. The molecule has 1 amide bonds. The molecule has 2 N–H and O–H groups in total. The van der Waals surface area contributed by atoms with Gasteiger partial charge in [-0.3, -0.25) is 10.00 Å². The molecular weight excluding hydrogens is 468 g/mol. The number of carbonyl (C=O) groups is 1. The summed E-state index contributed by atoms with van der Waals surface area (Å²) >= 11 is 0. The van der Waals surface area contributed by atoms with E-state index in [4.69, 9.17) is 14.7 Å². The first-order valence-electron chi connectivity index (χ1n) is 12.6. The topological polar surface area (TPSA) is 103 Å². The highest BCUT2D eigenvalue weighted by molar-refractivity contribution is 5.72. The van der Waals surface area contributed by atoms with Crippen LogP contribution in [0.15, 0.2) is 36.4 Å². The maximum atomic E-state index is 12.6. The summed E-state index contributed by atoms with van der Waals surface area (Å²) in [6.45, 7) is 10.2. The van der Waals surface area contributed by atoms with E-state index in [1.807, 2.05) is 69.3 Å². The number of ether oxygens (including phenoxy) is 1. The van der Waals surface area contributed by atoms with E-state index in [1.165, 1.54) is 0 Å².